The maximum absolute atomic E-state index is 13.5. The smallest absolute Gasteiger partial charge is 0.307 e. The largest absolute Gasteiger partial charge is 0.494 e. The van der Waals surface area contributed by atoms with Gasteiger partial charge in [-0.05, 0) is 49.3 Å². The SMILES string of the molecule is CC(C)CC1C(=O)NC(C(=O)c2ccccc2)Cc2ccc(cc2)OCCCCC1C(=O)O. The van der Waals surface area contributed by atoms with Gasteiger partial charge in [0, 0.05) is 12.0 Å². The van der Waals surface area contributed by atoms with Crippen molar-refractivity contribution in [2.24, 2.45) is 17.8 Å². The standard InChI is InChI=1S/C27H33NO5/c1-18(2)16-23-22(27(31)32)10-6-7-15-33-21-13-11-19(12-14-21)17-24(28-26(23)30)25(29)20-8-4-3-5-9-20/h3-5,8-9,11-14,18,22-24H,6-7,10,15-17H2,1-2H3,(H,28,30)(H,31,32). The molecule has 176 valence electrons. The van der Waals surface area contributed by atoms with E-state index in [9.17, 15) is 19.5 Å². The number of amides is 1. The molecule has 6 heteroatoms. The second-order valence-corrected chi connectivity index (χ2v) is 9.16. The first-order valence-corrected chi connectivity index (χ1v) is 11.7. The summed E-state index contributed by atoms with van der Waals surface area (Å²) < 4.78 is 5.79. The molecule has 6 nitrogen and oxygen atoms in total. The molecule has 2 bridgehead atoms. The molecule has 4 rings (SSSR count). The summed E-state index contributed by atoms with van der Waals surface area (Å²) in [5, 5.41) is 12.9. The predicted molar refractivity (Wildman–Crippen MR) is 126 cm³/mol. The molecule has 0 saturated heterocycles. The van der Waals surface area contributed by atoms with Gasteiger partial charge in [0.2, 0.25) is 5.91 Å². The van der Waals surface area contributed by atoms with Gasteiger partial charge in [0.15, 0.2) is 5.78 Å². The van der Waals surface area contributed by atoms with Crippen LogP contribution in [0.4, 0.5) is 0 Å². The third-order valence-electron chi connectivity index (χ3n) is 6.10. The average molecular weight is 452 g/mol. The van der Waals surface area contributed by atoms with Gasteiger partial charge in [0.05, 0.1) is 24.5 Å². The number of hydrogen-bond acceptors (Lipinski definition) is 4. The second-order valence-electron chi connectivity index (χ2n) is 9.16. The van der Waals surface area contributed by atoms with Crippen LogP contribution >= 0.6 is 0 Å². The highest BCUT2D eigenvalue weighted by atomic mass is 16.5. The van der Waals surface area contributed by atoms with E-state index in [1.54, 1.807) is 24.3 Å². The Morgan fingerprint density at radius 1 is 1.06 bits per heavy atom. The molecular weight excluding hydrogens is 418 g/mol. The Morgan fingerprint density at radius 3 is 2.39 bits per heavy atom. The number of carbonyl (C=O) groups is 3. The van der Waals surface area contributed by atoms with Crippen LogP contribution in [0.3, 0.4) is 0 Å². The van der Waals surface area contributed by atoms with E-state index in [0.717, 1.165) is 11.3 Å². The summed E-state index contributed by atoms with van der Waals surface area (Å²) >= 11 is 0. The molecular formula is C27H33NO5. The minimum Gasteiger partial charge on any atom is -0.494 e. The summed E-state index contributed by atoms with van der Waals surface area (Å²) in [6.45, 7) is 4.44. The number of benzene rings is 2. The molecule has 3 atom stereocenters. The maximum Gasteiger partial charge on any atom is 0.307 e. The molecule has 2 aromatic rings. The van der Waals surface area contributed by atoms with Crippen molar-refractivity contribution < 1.29 is 24.2 Å². The molecule has 0 fully saturated rings. The fourth-order valence-electron chi connectivity index (χ4n) is 4.36. The normalized spacial score (nSPS) is 22.0. The number of Topliss-reactive ketones (excluding diaryl/α,β-unsaturated/α-hetero) is 1. The fraction of sp³-hybridized carbons (Fsp3) is 0.444. The summed E-state index contributed by atoms with van der Waals surface area (Å²) in [7, 11) is 0. The predicted octanol–water partition coefficient (Wildman–Crippen LogP) is 4.52. The zero-order chi connectivity index (χ0) is 23.8. The summed E-state index contributed by atoms with van der Waals surface area (Å²) in [6.07, 6.45) is 2.49. The van der Waals surface area contributed by atoms with Crippen molar-refractivity contribution in [3.8, 4) is 5.75 Å². The van der Waals surface area contributed by atoms with E-state index in [2.05, 4.69) is 5.32 Å². The van der Waals surface area contributed by atoms with Gasteiger partial charge in [-0.3, -0.25) is 14.4 Å². The molecule has 0 aliphatic carbocycles. The van der Waals surface area contributed by atoms with Crippen molar-refractivity contribution in [1.29, 1.82) is 0 Å². The van der Waals surface area contributed by atoms with Crippen molar-refractivity contribution in [1.82, 2.24) is 5.32 Å². The van der Waals surface area contributed by atoms with Crippen LogP contribution in [0.15, 0.2) is 54.6 Å². The van der Waals surface area contributed by atoms with Crippen LogP contribution in [0.2, 0.25) is 0 Å². The topological polar surface area (TPSA) is 92.7 Å². The monoisotopic (exact) mass is 451 g/mol. The molecule has 2 N–H and O–H groups in total. The van der Waals surface area contributed by atoms with Crippen LogP contribution in [0, 0.1) is 17.8 Å². The number of hydrogen-bond donors (Lipinski definition) is 2. The van der Waals surface area contributed by atoms with Crippen LogP contribution in [0.25, 0.3) is 0 Å². The second kappa shape index (κ2) is 11.6. The summed E-state index contributed by atoms with van der Waals surface area (Å²) in [5.74, 6) is -2.17. The number of ether oxygens (including phenoxy) is 1. The Hall–Kier alpha value is -3.15. The van der Waals surface area contributed by atoms with Crippen LogP contribution in [-0.4, -0.2) is 35.4 Å². The van der Waals surface area contributed by atoms with Crippen LogP contribution in [-0.2, 0) is 16.0 Å². The molecule has 0 aromatic heterocycles. The number of aliphatic carboxylic acids is 1. The first-order chi connectivity index (χ1) is 15.8. The van der Waals surface area contributed by atoms with Gasteiger partial charge in [0.25, 0.3) is 0 Å². The Bertz CT molecular complexity index is 939. The number of nitrogens with one attached hydrogen (secondary N) is 1. The van der Waals surface area contributed by atoms with Gasteiger partial charge in [-0.1, -0.05) is 56.3 Å². The molecule has 2 heterocycles. The van der Waals surface area contributed by atoms with Crippen molar-refractivity contribution in [3.05, 3.63) is 65.7 Å². The summed E-state index contributed by atoms with van der Waals surface area (Å²) in [5.41, 5.74) is 1.40. The third-order valence-corrected chi connectivity index (χ3v) is 6.10. The lowest BCUT2D eigenvalue weighted by Gasteiger charge is -2.27. The summed E-state index contributed by atoms with van der Waals surface area (Å²) in [4.78, 5) is 38.9. The number of rotatable bonds is 5. The quantitative estimate of drug-likeness (QED) is 0.652. The van der Waals surface area contributed by atoms with E-state index in [1.165, 1.54) is 0 Å². The van der Waals surface area contributed by atoms with Gasteiger partial charge in [0.1, 0.15) is 5.75 Å². The zero-order valence-corrected chi connectivity index (χ0v) is 19.3. The number of carboxylic acid groups (broad SMARTS) is 1. The van der Waals surface area contributed by atoms with Gasteiger partial charge >= 0.3 is 5.97 Å². The molecule has 2 aromatic carbocycles. The van der Waals surface area contributed by atoms with Crippen LogP contribution in [0.5, 0.6) is 5.75 Å². The van der Waals surface area contributed by atoms with Crippen molar-refractivity contribution in [2.45, 2.75) is 52.0 Å². The summed E-state index contributed by atoms with van der Waals surface area (Å²) in [6, 6.07) is 15.6. The maximum atomic E-state index is 13.5. The highest BCUT2D eigenvalue weighted by Gasteiger charge is 2.36. The molecule has 3 unspecified atom stereocenters. The van der Waals surface area contributed by atoms with E-state index in [-0.39, 0.29) is 17.6 Å². The van der Waals surface area contributed by atoms with Gasteiger partial charge in [-0.25, -0.2) is 0 Å². The van der Waals surface area contributed by atoms with E-state index < -0.39 is 23.8 Å². The van der Waals surface area contributed by atoms with E-state index in [0.29, 0.717) is 44.3 Å². The molecule has 0 saturated carbocycles. The molecule has 2 aliphatic heterocycles. The van der Waals surface area contributed by atoms with Crippen LogP contribution in [0.1, 0.15) is 55.5 Å². The molecule has 2 aliphatic rings. The minimum atomic E-state index is -0.973. The van der Waals surface area contributed by atoms with Gasteiger partial charge < -0.3 is 15.2 Å². The van der Waals surface area contributed by atoms with Crippen LogP contribution < -0.4 is 10.1 Å². The van der Waals surface area contributed by atoms with E-state index in [4.69, 9.17) is 4.74 Å². The third kappa shape index (κ3) is 6.91. The molecule has 0 spiro atoms. The molecule has 33 heavy (non-hydrogen) atoms. The van der Waals surface area contributed by atoms with Crippen molar-refractivity contribution in [3.63, 3.8) is 0 Å². The highest BCUT2D eigenvalue weighted by Crippen LogP contribution is 2.27. The van der Waals surface area contributed by atoms with Crippen molar-refractivity contribution >= 4 is 17.7 Å². The minimum absolute atomic E-state index is 0.142. The van der Waals surface area contributed by atoms with E-state index in [1.807, 2.05) is 44.2 Å². The van der Waals surface area contributed by atoms with Crippen molar-refractivity contribution in [2.75, 3.05) is 6.61 Å². The Labute approximate surface area is 195 Å². The Balaban J connectivity index is 1.96. The Kier molecular flexibility index (Phi) is 8.64. The Morgan fingerprint density at radius 2 is 1.76 bits per heavy atom. The first kappa shape index (κ1) is 24.5. The highest BCUT2D eigenvalue weighted by molar-refractivity contribution is 6.02. The van der Waals surface area contributed by atoms with Gasteiger partial charge in [-0.2, -0.15) is 0 Å². The number of carbonyl (C=O) groups excluding carboxylic acids is 2. The molecule has 0 radical (unpaired) electrons. The fourth-order valence-corrected chi connectivity index (χ4v) is 4.36. The average Bonchev–Trinajstić information content (AvgIpc) is 2.80. The lowest BCUT2D eigenvalue weighted by molar-refractivity contribution is -0.148. The zero-order valence-electron chi connectivity index (χ0n) is 19.3. The first-order valence-electron chi connectivity index (χ1n) is 11.7. The lowest BCUT2D eigenvalue weighted by Crippen LogP contribution is -2.47. The van der Waals surface area contributed by atoms with E-state index >= 15 is 0 Å². The molecule has 1 amide bonds. The number of carboxylic acids is 1. The van der Waals surface area contributed by atoms with Gasteiger partial charge in [-0.15, -0.1) is 0 Å². The lowest BCUT2D eigenvalue weighted by atomic mass is 9.81. The number of ketones is 1. The number of fused-ring (bicyclic) bond motifs is 12.